The molecule has 0 aliphatic carbocycles. The van der Waals surface area contributed by atoms with Gasteiger partial charge in [0.1, 0.15) is 0 Å². The first-order chi connectivity index (χ1) is 8.26. The molecule has 0 amide bonds. The van der Waals surface area contributed by atoms with Gasteiger partial charge in [-0.3, -0.25) is 0 Å². The number of hydrogen-bond acceptors (Lipinski definition) is 3. The molecule has 3 heteroatoms. The molecule has 0 spiro atoms. The standard InChI is InChI=1S/C14H30N2O/c1-3-17-14-7-5-11-16(12-14)10-4-6-13(2)8-9-15/h13-14H,3-12,15H2,1-2H3. The third-order valence-corrected chi connectivity index (χ3v) is 3.70. The number of hydrogen-bond donors (Lipinski definition) is 1. The first kappa shape index (κ1) is 14.9. The van der Waals surface area contributed by atoms with Gasteiger partial charge in [-0.25, -0.2) is 0 Å². The van der Waals surface area contributed by atoms with Crippen LogP contribution in [0.5, 0.6) is 0 Å². The second-order valence-electron chi connectivity index (χ2n) is 5.34. The Kier molecular flexibility index (Phi) is 7.82. The molecule has 2 unspecified atom stereocenters. The fraction of sp³-hybridized carbons (Fsp3) is 1.00. The summed E-state index contributed by atoms with van der Waals surface area (Å²) in [5.41, 5.74) is 5.57. The third-order valence-electron chi connectivity index (χ3n) is 3.70. The van der Waals surface area contributed by atoms with Crippen molar-refractivity contribution in [2.45, 2.75) is 52.1 Å². The van der Waals surface area contributed by atoms with Crippen LogP contribution in [0, 0.1) is 5.92 Å². The molecule has 0 bridgehead atoms. The summed E-state index contributed by atoms with van der Waals surface area (Å²) >= 11 is 0. The van der Waals surface area contributed by atoms with Gasteiger partial charge < -0.3 is 15.4 Å². The Balaban J connectivity index is 2.09. The number of likely N-dealkylation sites (tertiary alicyclic amines) is 1. The SMILES string of the molecule is CCOC1CCCN(CCCC(C)CCN)C1. The molecular formula is C14H30N2O. The second-order valence-corrected chi connectivity index (χ2v) is 5.34. The fourth-order valence-corrected chi connectivity index (χ4v) is 2.68. The van der Waals surface area contributed by atoms with E-state index in [1.807, 2.05) is 0 Å². The quantitative estimate of drug-likeness (QED) is 0.709. The number of nitrogens with two attached hydrogens (primary N) is 1. The lowest BCUT2D eigenvalue weighted by Gasteiger charge is -2.32. The monoisotopic (exact) mass is 242 g/mol. The van der Waals surface area contributed by atoms with Gasteiger partial charge in [0.2, 0.25) is 0 Å². The average Bonchev–Trinajstić information content (AvgIpc) is 2.30. The lowest BCUT2D eigenvalue weighted by Crippen LogP contribution is -2.40. The first-order valence-corrected chi connectivity index (χ1v) is 7.30. The summed E-state index contributed by atoms with van der Waals surface area (Å²) in [5, 5.41) is 0. The van der Waals surface area contributed by atoms with Crippen LogP contribution in [0.3, 0.4) is 0 Å². The average molecular weight is 242 g/mol. The summed E-state index contributed by atoms with van der Waals surface area (Å²) in [4.78, 5) is 2.57. The van der Waals surface area contributed by atoms with Crippen LogP contribution in [0.1, 0.15) is 46.0 Å². The zero-order valence-corrected chi connectivity index (χ0v) is 11.7. The normalized spacial score (nSPS) is 23.8. The molecule has 0 radical (unpaired) electrons. The number of rotatable bonds is 8. The van der Waals surface area contributed by atoms with Gasteiger partial charge in [0.05, 0.1) is 6.10 Å². The van der Waals surface area contributed by atoms with Crippen LogP contribution in [0.25, 0.3) is 0 Å². The van der Waals surface area contributed by atoms with E-state index in [1.54, 1.807) is 0 Å². The van der Waals surface area contributed by atoms with Gasteiger partial charge >= 0.3 is 0 Å². The van der Waals surface area contributed by atoms with Crippen LogP contribution < -0.4 is 5.73 Å². The van der Waals surface area contributed by atoms with Crippen molar-refractivity contribution in [1.29, 1.82) is 0 Å². The van der Waals surface area contributed by atoms with Crippen molar-refractivity contribution in [1.82, 2.24) is 4.90 Å². The van der Waals surface area contributed by atoms with E-state index in [2.05, 4.69) is 18.7 Å². The minimum absolute atomic E-state index is 0.482. The second kappa shape index (κ2) is 8.90. The van der Waals surface area contributed by atoms with Crippen molar-refractivity contribution < 1.29 is 4.74 Å². The van der Waals surface area contributed by atoms with E-state index in [4.69, 9.17) is 10.5 Å². The Hall–Kier alpha value is -0.120. The minimum Gasteiger partial charge on any atom is -0.377 e. The van der Waals surface area contributed by atoms with Crippen molar-refractivity contribution in [3.8, 4) is 0 Å². The Morgan fingerprint density at radius 3 is 2.94 bits per heavy atom. The maximum Gasteiger partial charge on any atom is 0.0702 e. The molecule has 2 N–H and O–H groups in total. The summed E-state index contributed by atoms with van der Waals surface area (Å²) in [6, 6.07) is 0. The van der Waals surface area contributed by atoms with Gasteiger partial charge in [0.15, 0.2) is 0 Å². The number of piperidine rings is 1. The highest BCUT2D eigenvalue weighted by Crippen LogP contribution is 2.15. The highest BCUT2D eigenvalue weighted by molar-refractivity contribution is 4.73. The number of ether oxygens (including phenoxy) is 1. The molecule has 0 saturated carbocycles. The predicted octanol–water partition coefficient (Wildman–Crippen LogP) is 2.25. The van der Waals surface area contributed by atoms with Crippen LogP contribution >= 0.6 is 0 Å². The molecular weight excluding hydrogens is 212 g/mol. The molecule has 0 aromatic heterocycles. The molecule has 1 aliphatic rings. The molecule has 3 nitrogen and oxygen atoms in total. The van der Waals surface area contributed by atoms with Crippen molar-refractivity contribution in [2.75, 3.05) is 32.8 Å². The highest BCUT2D eigenvalue weighted by Gasteiger charge is 2.19. The smallest absolute Gasteiger partial charge is 0.0702 e. The van der Waals surface area contributed by atoms with Gasteiger partial charge in [-0.15, -0.1) is 0 Å². The Morgan fingerprint density at radius 1 is 1.41 bits per heavy atom. The predicted molar refractivity (Wildman–Crippen MR) is 73.2 cm³/mol. The zero-order chi connectivity index (χ0) is 12.5. The molecule has 0 aromatic rings. The van der Waals surface area contributed by atoms with Crippen LogP contribution in [-0.2, 0) is 4.74 Å². The van der Waals surface area contributed by atoms with E-state index in [-0.39, 0.29) is 0 Å². The molecule has 2 atom stereocenters. The summed E-state index contributed by atoms with van der Waals surface area (Å²) in [6.45, 7) is 9.72. The first-order valence-electron chi connectivity index (χ1n) is 7.30. The van der Waals surface area contributed by atoms with Gasteiger partial charge in [0, 0.05) is 13.2 Å². The lowest BCUT2D eigenvalue weighted by atomic mass is 10.0. The van der Waals surface area contributed by atoms with E-state index in [0.29, 0.717) is 6.10 Å². The van der Waals surface area contributed by atoms with E-state index >= 15 is 0 Å². The largest absolute Gasteiger partial charge is 0.377 e. The van der Waals surface area contributed by atoms with E-state index in [1.165, 1.54) is 45.2 Å². The van der Waals surface area contributed by atoms with E-state index in [0.717, 1.165) is 25.6 Å². The van der Waals surface area contributed by atoms with Gasteiger partial charge in [-0.1, -0.05) is 6.92 Å². The summed E-state index contributed by atoms with van der Waals surface area (Å²) < 4.78 is 5.72. The van der Waals surface area contributed by atoms with Crippen molar-refractivity contribution >= 4 is 0 Å². The van der Waals surface area contributed by atoms with Crippen molar-refractivity contribution in [3.63, 3.8) is 0 Å². The third kappa shape index (κ3) is 6.39. The Morgan fingerprint density at radius 2 is 2.24 bits per heavy atom. The molecule has 1 fully saturated rings. The summed E-state index contributed by atoms with van der Waals surface area (Å²) in [5.74, 6) is 0.785. The molecule has 17 heavy (non-hydrogen) atoms. The molecule has 1 aliphatic heterocycles. The minimum atomic E-state index is 0.482. The van der Waals surface area contributed by atoms with Crippen LogP contribution in [0.2, 0.25) is 0 Å². The molecule has 1 saturated heterocycles. The van der Waals surface area contributed by atoms with Gasteiger partial charge in [-0.2, -0.15) is 0 Å². The maximum absolute atomic E-state index is 5.72. The van der Waals surface area contributed by atoms with Crippen LogP contribution in [-0.4, -0.2) is 43.8 Å². The van der Waals surface area contributed by atoms with Gasteiger partial charge in [-0.05, 0) is 64.6 Å². The Bertz CT molecular complexity index is 185. The summed E-state index contributed by atoms with van der Waals surface area (Å²) in [7, 11) is 0. The van der Waals surface area contributed by atoms with Crippen molar-refractivity contribution in [2.24, 2.45) is 11.7 Å². The molecule has 102 valence electrons. The topological polar surface area (TPSA) is 38.5 Å². The highest BCUT2D eigenvalue weighted by atomic mass is 16.5. The van der Waals surface area contributed by atoms with Crippen LogP contribution in [0.15, 0.2) is 0 Å². The molecule has 0 aromatic carbocycles. The summed E-state index contributed by atoms with van der Waals surface area (Å²) in [6.07, 6.45) is 6.81. The lowest BCUT2D eigenvalue weighted by molar-refractivity contribution is 0.00538. The number of nitrogens with zero attached hydrogens (tertiary/aromatic N) is 1. The Labute approximate surface area is 107 Å². The van der Waals surface area contributed by atoms with E-state index in [9.17, 15) is 0 Å². The van der Waals surface area contributed by atoms with E-state index < -0.39 is 0 Å². The molecule has 1 rings (SSSR count). The molecule has 1 heterocycles. The van der Waals surface area contributed by atoms with Gasteiger partial charge in [0.25, 0.3) is 0 Å². The van der Waals surface area contributed by atoms with Crippen molar-refractivity contribution in [3.05, 3.63) is 0 Å². The zero-order valence-electron chi connectivity index (χ0n) is 11.7. The maximum atomic E-state index is 5.72. The van der Waals surface area contributed by atoms with Crippen LogP contribution in [0.4, 0.5) is 0 Å². The fourth-order valence-electron chi connectivity index (χ4n) is 2.68.